The van der Waals surface area contributed by atoms with Crippen molar-refractivity contribution < 1.29 is 9.59 Å². The maximum absolute atomic E-state index is 11.5. The lowest BCUT2D eigenvalue weighted by Crippen LogP contribution is -2.22. The number of benzene rings is 1. The van der Waals surface area contributed by atoms with E-state index < -0.39 is 0 Å². The van der Waals surface area contributed by atoms with Gasteiger partial charge >= 0.3 is 0 Å². The minimum atomic E-state index is -0.333. The third-order valence-corrected chi connectivity index (χ3v) is 3.42. The molecule has 2 aromatic heterocycles. The average Bonchev–Trinajstić information content (AvgIpc) is 2.94. The van der Waals surface area contributed by atoms with Crippen molar-refractivity contribution in [2.45, 2.75) is 20.8 Å². The summed E-state index contributed by atoms with van der Waals surface area (Å²) in [6.45, 7) is 4.70. The molecule has 0 radical (unpaired) electrons. The second-order valence-electron chi connectivity index (χ2n) is 5.47. The van der Waals surface area contributed by atoms with E-state index in [2.05, 4.69) is 21.0 Å². The summed E-state index contributed by atoms with van der Waals surface area (Å²) in [6.07, 6.45) is 0. The van der Waals surface area contributed by atoms with E-state index in [4.69, 9.17) is 0 Å². The molecule has 0 spiro atoms. The summed E-state index contributed by atoms with van der Waals surface area (Å²) in [4.78, 5) is 22.3. The highest BCUT2D eigenvalue weighted by molar-refractivity contribution is 5.91. The highest BCUT2D eigenvalue weighted by atomic mass is 16.2. The van der Waals surface area contributed by atoms with Gasteiger partial charge in [-0.1, -0.05) is 12.1 Å². The van der Waals surface area contributed by atoms with E-state index in [1.165, 1.54) is 13.8 Å². The van der Waals surface area contributed by atoms with Gasteiger partial charge in [0.25, 0.3) is 0 Å². The van der Waals surface area contributed by atoms with Gasteiger partial charge in [-0.25, -0.2) is 0 Å². The minimum Gasteiger partial charge on any atom is -0.370 e. The summed E-state index contributed by atoms with van der Waals surface area (Å²) in [5.41, 5.74) is 7.77. The van der Waals surface area contributed by atoms with Crippen LogP contribution in [0.5, 0.6) is 0 Å². The second-order valence-corrected chi connectivity index (χ2v) is 5.47. The van der Waals surface area contributed by atoms with Crippen LogP contribution in [0.1, 0.15) is 19.7 Å². The lowest BCUT2D eigenvalue weighted by molar-refractivity contribution is -0.117. The summed E-state index contributed by atoms with van der Waals surface area (Å²) in [5.74, 6) is 0.397. The standard InChI is InChI=1S/C15H15N5O.C2H5NO/c1-10-16-17-15-8-7-14(18-20(10)15)12-5-4-6-13(9-12)19(3)11(2)21;1-2(3)4/h4-9H,1-3H3;1H3,(H2,3,4). The molecule has 0 bridgehead atoms. The zero-order valence-corrected chi connectivity index (χ0v) is 14.6. The average molecular weight is 340 g/mol. The Morgan fingerprint density at radius 3 is 2.44 bits per heavy atom. The molecule has 8 nitrogen and oxygen atoms in total. The Kier molecular flexibility index (Phi) is 5.43. The van der Waals surface area contributed by atoms with Gasteiger partial charge in [0.05, 0.1) is 5.69 Å². The van der Waals surface area contributed by atoms with Gasteiger partial charge in [-0.15, -0.1) is 10.2 Å². The molecule has 0 saturated carbocycles. The molecule has 3 rings (SSSR count). The molecule has 1 aromatic carbocycles. The van der Waals surface area contributed by atoms with Crippen molar-refractivity contribution in [3.63, 3.8) is 0 Å². The Morgan fingerprint density at radius 2 is 1.80 bits per heavy atom. The fourth-order valence-electron chi connectivity index (χ4n) is 2.11. The van der Waals surface area contributed by atoms with Gasteiger partial charge in [-0.3, -0.25) is 9.59 Å². The smallest absolute Gasteiger partial charge is 0.223 e. The van der Waals surface area contributed by atoms with Gasteiger partial charge in [-0.05, 0) is 31.2 Å². The number of carbonyl (C=O) groups is 2. The number of aromatic nitrogens is 4. The first kappa shape index (κ1) is 18.1. The number of primary amides is 1. The van der Waals surface area contributed by atoms with Crippen LogP contribution in [-0.2, 0) is 9.59 Å². The Morgan fingerprint density at radius 1 is 1.12 bits per heavy atom. The largest absolute Gasteiger partial charge is 0.370 e. The molecular formula is C17H20N6O2. The number of amides is 2. The first-order chi connectivity index (χ1) is 11.8. The number of aryl methyl sites for hydroxylation is 1. The van der Waals surface area contributed by atoms with Gasteiger partial charge in [-0.2, -0.15) is 9.61 Å². The fourth-order valence-corrected chi connectivity index (χ4v) is 2.11. The third kappa shape index (κ3) is 4.37. The van der Waals surface area contributed by atoms with Crippen molar-refractivity contribution in [3.05, 3.63) is 42.2 Å². The molecule has 8 heteroatoms. The number of fused-ring (bicyclic) bond motifs is 1. The second kappa shape index (κ2) is 7.52. The lowest BCUT2D eigenvalue weighted by Gasteiger charge is -2.15. The van der Waals surface area contributed by atoms with E-state index in [1.54, 1.807) is 16.5 Å². The van der Waals surface area contributed by atoms with Gasteiger partial charge in [0.15, 0.2) is 11.5 Å². The predicted molar refractivity (Wildman–Crippen MR) is 94.9 cm³/mol. The molecule has 0 saturated heterocycles. The summed E-state index contributed by atoms with van der Waals surface area (Å²) in [7, 11) is 1.75. The van der Waals surface area contributed by atoms with Crippen LogP contribution in [0.3, 0.4) is 0 Å². The maximum atomic E-state index is 11.5. The Bertz CT molecular complexity index is 914. The third-order valence-electron chi connectivity index (χ3n) is 3.42. The highest BCUT2D eigenvalue weighted by Gasteiger charge is 2.09. The summed E-state index contributed by atoms with van der Waals surface area (Å²) in [5, 5.41) is 12.6. The summed E-state index contributed by atoms with van der Waals surface area (Å²) >= 11 is 0. The van der Waals surface area contributed by atoms with Crippen molar-refractivity contribution in [2.75, 3.05) is 11.9 Å². The first-order valence-corrected chi connectivity index (χ1v) is 7.59. The maximum Gasteiger partial charge on any atom is 0.223 e. The van der Waals surface area contributed by atoms with Crippen LogP contribution in [0.15, 0.2) is 36.4 Å². The number of nitrogens with zero attached hydrogens (tertiary/aromatic N) is 5. The predicted octanol–water partition coefficient (Wildman–Crippen LogP) is 1.57. The molecule has 0 aliphatic carbocycles. The van der Waals surface area contributed by atoms with E-state index in [0.717, 1.165) is 22.8 Å². The van der Waals surface area contributed by atoms with Crippen LogP contribution in [-0.4, -0.2) is 38.7 Å². The Balaban J connectivity index is 0.000000511. The Labute approximate surface area is 145 Å². The van der Waals surface area contributed by atoms with Crippen LogP contribution in [0.4, 0.5) is 5.69 Å². The van der Waals surface area contributed by atoms with E-state index in [0.29, 0.717) is 5.65 Å². The van der Waals surface area contributed by atoms with E-state index in [-0.39, 0.29) is 11.8 Å². The first-order valence-electron chi connectivity index (χ1n) is 7.59. The molecule has 2 heterocycles. The topological polar surface area (TPSA) is 106 Å². The van der Waals surface area contributed by atoms with Gasteiger partial charge < -0.3 is 10.6 Å². The molecule has 0 fully saturated rings. The van der Waals surface area contributed by atoms with Crippen molar-refractivity contribution in [1.29, 1.82) is 0 Å². The van der Waals surface area contributed by atoms with Crippen molar-refractivity contribution >= 4 is 23.1 Å². The normalized spacial score (nSPS) is 10.1. The van der Waals surface area contributed by atoms with Crippen molar-refractivity contribution in [3.8, 4) is 11.3 Å². The van der Waals surface area contributed by atoms with Crippen LogP contribution < -0.4 is 10.6 Å². The monoisotopic (exact) mass is 340 g/mol. The number of carbonyl (C=O) groups excluding carboxylic acids is 2. The number of rotatable bonds is 2. The lowest BCUT2D eigenvalue weighted by atomic mass is 10.1. The van der Waals surface area contributed by atoms with Gasteiger partial charge in [0.1, 0.15) is 0 Å². The van der Waals surface area contributed by atoms with E-state index >= 15 is 0 Å². The highest BCUT2D eigenvalue weighted by Crippen LogP contribution is 2.23. The van der Waals surface area contributed by atoms with Crippen molar-refractivity contribution in [2.24, 2.45) is 5.73 Å². The molecular weight excluding hydrogens is 320 g/mol. The fraction of sp³-hybridized carbons (Fsp3) is 0.235. The van der Waals surface area contributed by atoms with E-state index in [9.17, 15) is 9.59 Å². The molecule has 0 unspecified atom stereocenters. The van der Waals surface area contributed by atoms with Crippen LogP contribution in [0.25, 0.3) is 16.9 Å². The van der Waals surface area contributed by atoms with Crippen LogP contribution in [0, 0.1) is 6.92 Å². The van der Waals surface area contributed by atoms with Crippen LogP contribution in [0.2, 0.25) is 0 Å². The molecule has 130 valence electrons. The summed E-state index contributed by atoms with van der Waals surface area (Å²) < 4.78 is 1.71. The molecule has 0 aliphatic rings. The van der Waals surface area contributed by atoms with Crippen molar-refractivity contribution in [1.82, 2.24) is 19.8 Å². The summed E-state index contributed by atoms with van der Waals surface area (Å²) in [6, 6.07) is 11.5. The zero-order valence-electron chi connectivity index (χ0n) is 14.6. The number of hydrogen-bond acceptors (Lipinski definition) is 5. The zero-order chi connectivity index (χ0) is 18.6. The Hall–Kier alpha value is -3.29. The van der Waals surface area contributed by atoms with E-state index in [1.807, 2.05) is 43.3 Å². The van der Waals surface area contributed by atoms with Gasteiger partial charge in [0, 0.05) is 32.1 Å². The quantitative estimate of drug-likeness (QED) is 0.762. The molecule has 25 heavy (non-hydrogen) atoms. The minimum absolute atomic E-state index is 0.00906. The molecule has 3 aromatic rings. The molecule has 2 amide bonds. The molecule has 0 atom stereocenters. The molecule has 2 N–H and O–H groups in total. The molecule has 0 aliphatic heterocycles. The van der Waals surface area contributed by atoms with Crippen LogP contribution >= 0.6 is 0 Å². The van der Waals surface area contributed by atoms with Gasteiger partial charge in [0.2, 0.25) is 11.8 Å². The number of hydrogen-bond donors (Lipinski definition) is 1. The number of anilines is 1. The number of nitrogens with two attached hydrogens (primary N) is 1. The SMILES string of the molecule is CC(=O)N(C)c1cccc(-c2ccc3nnc(C)n3n2)c1.CC(N)=O.